The summed E-state index contributed by atoms with van der Waals surface area (Å²) in [4.78, 5) is 13.7. The van der Waals surface area contributed by atoms with E-state index in [1.165, 1.54) is 0 Å². The minimum Gasteiger partial charge on any atom is -0.487 e. The Morgan fingerprint density at radius 3 is 3.00 bits per heavy atom. The average Bonchev–Trinajstić information content (AvgIpc) is 2.88. The molecule has 0 bridgehead atoms. The van der Waals surface area contributed by atoms with Gasteiger partial charge in [-0.1, -0.05) is 30.7 Å². The van der Waals surface area contributed by atoms with Crippen LogP contribution < -0.4 is 10.5 Å². The number of carbonyl (C=O) groups excluding carboxylic acids is 1. The van der Waals surface area contributed by atoms with Gasteiger partial charge in [0.15, 0.2) is 0 Å². The fourth-order valence-corrected chi connectivity index (χ4v) is 2.33. The van der Waals surface area contributed by atoms with Crippen molar-refractivity contribution >= 4 is 17.5 Å². The Kier molecular flexibility index (Phi) is 4.66. The highest BCUT2D eigenvalue weighted by atomic mass is 35.5. The maximum Gasteiger partial charge on any atom is 0.239 e. The summed E-state index contributed by atoms with van der Waals surface area (Å²) in [6.07, 6.45) is 1.46. The number of para-hydroxylation sites is 1. The number of hydrogen-bond donors (Lipinski definition) is 1. The smallest absolute Gasteiger partial charge is 0.239 e. The summed E-state index contributed by atoms with van der Waals surface area (Å²) < 4.78 is 5.83. The second-order valence-corrected chi connectivity index (χ2v) is 5.17. The van der Waals surface area contributed by atoms with Crippen LogP contribution in [0.4, 0.5) is 0 Å². The molecule has 1 fully saturated rings. The van der Waals surface area contributed by atoms with Crippen LogP contribution in [0.3, 0.4) is 0 Å². The van der Waals surface area contributed by atoms with Crippen molar-refractivity contribution in [3.63, 3.8) is 0 Å². The van der Waals surface area contributed by atoms with Crippen LogP contribution in [0.25, 0.3) is 0 Å². The van der Waals surface area contributed by atoms with E-state index in [-0.39, 0.29) is 12.0 Å². The van der Waals surface area contributed by atoms with Crippen molar-refractivity contribution in [3.05, 3.63) is 29.3 Å². The van der Waals surface area contributed by atoms with Crippen LogP contribution in [-0.4, -0.2) is 36.0 Å². The molecule has 0 aliphatic carbocycles. The Bertz CT molecular complexity index is 453. The maximum absolute atomic E-state index is 12.0. The molecule has 1 aromatic rings. The lowest BCUT2D eigenvalue weighted by Crippen LogP contribution is -2.42. The lowest BCUT2D eigenvalue weighted by Gasteiger charge is -2.20. The van der Waals surface area contributed by atoms with E-state index in [1.54, 1.807) is 11.0 Å². The molecule has 2 N–H and O–H groups in total. The van der Waals surface area contributed by atoms with Crippen molar-refractivity contribution in [2.24, 2.45) is 5.73 Å². The lowest BCUT2D eigenvalue weighted by molar-refractivity contribution is -0.131. The van der Waals surface area contributed by atoms with Crippen molar-refractivity contribution in [1.29, 1.82) is 0 Å². The van der Waals surface area contributed by atoms with Gasteiger partial charge in [0, 0.05) is 13.0 Å². The van der Waals surface area contributed by atoms with E-state index < -0.39 is 6.04 Å². The fourth-order valence-electron chi connectivity index (χ4n) is 2.15. The molecule has 4 nitrogen and oxygen atoms in total. The standard InChI is InChI=1S/C14H19ClN2O2/c1-2-12(16)14(18)17-8-7-10(9-17)19-13-6-4-3-5-11(13)15/h3-6,10,12H,2,7-9,16H2,1H3/t10-,12-/m1/s1. The van der Waals surface area contributed by atoms with Gasteiger partial charge in [0.2, 0.25) is 5.91 Å². The zero-order valence-corrected chi connectivity index (χ0v) is 11.8. The van der Waals surface area contributed by atoms with E-state index in [0.717, 1.165) is 6.42 Å². The molecule has 1 aromatic carbocycles. The van der Waals surface area contributed by atoms with Crippen molar-refractivity contribution in [1.82, 2.24) is 4.90 Å². The Balaban J connectivity index is 1.92. The molecule has 104 valence electrons. The molecular weight excluding hydrogens is 264 g/mol. The SMILES string of the molecule is CC[C@@H](N)C(=O)N1CC[C@@H](Oc2ccccc2Cl)C1. The highest BCUT2D eigenvalue weighted by Crippen LogP contribution is 2.26. The van der Waals surface area contributed by atoms with Crippen LogP contribution in [0.5, 0.6) is 5.75 Å². The Hall–Kier alpha value is -1.26. The van der Waals surface area contributed by atoms with Crippen molar-refractivity contribution in [3.8, 4) is 5.75 Å². The predicted octanol–water partition coefficient (Wildman–Crippen LogP) is 2.06. The quantitative estimate of drug-likeness (QED) is 0.920. The van der Waals surface area contributed by atoms with Gasteiger partial charge in [0.05, 0.1) is 17.6 Å². The number of nitrogens with two attached hydrogens (primary N) is 1. The van der Waals surface area contributed by atoms with Crippen LogP contribution in [0.15, 0.2) is 24.3 Å². The first kappa shape index (κ1) is 14.2. The normalized spacial score (nSPS) is 20.4. The van der Waals surface area contributed by atoms with E-state index in [0.29, 0.717) is 30.3 Å². The number of amides is 1. The Morgan fingerprint density at radius 1 is 1.58 bits per heavy atom. The van der Waals surface area contributed by atoms with Crippen LogP contribution in [0, 0.1) is 0 Å². The highest BCUT2D eigenvalue weighted by Gasteiger charge is 2.30. The largest absolute Gasteiger partial charge is 0.487 e. The third-order valence-corrected chi connectivity index (χ3v) is 3.66. The molecule has 0 unspecified atom stereocenters. The number of carbonyl (C=O) groups is 1. The number of nitrogens with zero attached hydrogens (tertiary/aromatic N) is 1. The molecule has 0 saturated carbocycles. The summed E-state index contributed by atoms with van der Waals surface area (Å²) in [6.45, 7) is 3.19. The monoisotopic (exact) mass is 282 g/mol. The van der Waals surface area contributed by atoms with Gasteiger partial charge in [-0.2, -0.15) is 0 Å². The third kappa shape index (κ3) is 3.39. The van der Waals surface area contributed by atoms with Crippen molar-refractivity contribution in [2.45, 2.75) is 31.9 Å². The van der Waals surface area contributed by atoms with Gasteiger partial charge in [-0.3, -0.25) is 4.79 Å². The predicted molar refractivity (Wildman–Crippen MR) is 75.3 cm³/mol. The first-order chi connectivity index (χ1) is 9.11. The van der Waals surface area contributed by atoms with Crippen LogP contribution in [-0.2, 0) is 4.79 Å². The molecule has 5 heteroatoms. The zero-order chi connectivity index (χ0) is 13.8. The first-order valence-electron chi connectivity index (χ1n) is 6.57. The molecule has 1 aliphatic heterocycles. The number of ether oxygens (including phenoxy) is 1. The average molecular weight is 283 g/mol. The van der Waals surface area contributed by atoms with Gasteiger partial charge in [-0.25, -0.2) is 0 Å². The molecule has 2 atom stereocenters. The zero-order valence-electron chi connectivity index (χ0n) is 11.0. The number of benzene rings is 1. The second kappa shape index (κ2) is 6.26. The Morgan fingerprint density at radius 2 is 2.32 bits per heavy atom. The van der Waals surface area contributed by atoms with E-state index in [4.69, 9.17) is 22.1 Å². The summed E-state index contributed by atoms with van der Waals surface area (Å²) in [5, 5.41) is 0.595. The minimum absolute atomic E-state index is 0.00657. The molecule has 1 saturated heterocycles. The maximum atomic E-state index is 12.0. The molecule has 2 rings (SSSR count). The number of likely N-dealkylation sites (tertiary alicyclic amines) is 1. The van der Waals surface area contributed by atoms with Crippen LogP contribution in [0.1, 0.15) is 19.8 Å². The topological polar surface area (TPSA) is 55.6 Å². The molecule has 0 radical (unpaired) electrons. The van der Waals surface area contributed by atoms with Gasteiger partial charge in [0.1, 0.15) is 11.9 Å². The number of hydrogen-bond acceptors (Lipinski definition) is 3. The van der Waals surface area contributed by atoms with Crippen molar-refractivity contribution < 1.29 is 9.53 Å². The first-order valence-corrected chi connectivity index (χ1v) is 6.95. The van der Waals surface area contributed by atoms with E-state index in [9.17, 15) is 4.79 Å². The number of rotatable bonds is 4. The van der Waals surface area contributed by atoms with Crippen LogP contribution in [0.2, 0.25) is 5.02 Å². The molecule has 0 spiro atoms. The summed E-state index contributed by atoms with van der Waals surface area (Å²) in [5.74, 6) is 0.677. The highest BCUT2D eigenvalue weighted by molar-refractivity contribution is 6.32. The lowest BCUT2D eigenvalue weighted by atomic mass is 10.2. The second-order valence-electron chi connectivity index (χ2n) is 4.76. The van der Waals surface area contributed by atoms with E-state index >= 15 is 0 Å². The molecule has 1 amide bonds. The van der Waals surface area contributed by atoms with Crippen molar-refractivity contribution in [2.75, 3.05) is 13.1 Å². The molecule has 0 aromatic heterocycles. The summed E-state index contributed by atoms with van der Waals surface area (Å²) >= 11 is 6.05. The fraction of sp³-hybridized carbons (Fsp3) is 0.500. The summed E-state index contributed by atoms with van der Waals surface area (Å²) in [6, 6.07) is 6.97. The van der Waals surface area contributed by atoms with Crippen LogP contribution >= 0.6 is 11.6 Å². The molecule has 19 heavy (non-hydrogen) atoms. The Labute approximate surface area is 118 Å². The minimum atomic E-state index is -0.404. The summed E-state index contributed by atoms with van der Waals surface area (Å²) in [7, 11) is 0. The molecular formula is C14H19ClN2O2. The van der Waals surface area contributed by atoms with E-state index in [1.807, 2.05) is 25.1 Å². The van der Waals surface area contributed by atoms with Gasteiger partial charge >= 0.3 is 0 Å². The van der Waals surface area contributed by atoms with Gasteiger partial charge in [0.25, 0.3) is 0 Å². The number of halogens is 1. The summed E-state index contributed by atoms with van der Waals surface area (Å²) in [5.41, 5.74) is 5.77. The van der Waals surface area contributed by atoms with Gasteiger partial charge < -0.3 is 15.4 Å². The molecule has 1 heterocycles. The van der Waals surface area contributed by atoms with Gasteiger partial charge in [-0.05, 0) is 18.6 Å². The third-order valence-electron chi connectivity index (χ3n) is 3.34. The van der Waals surface area contributed by atoms with Gasteiger partial charge in [-0.15, -0.1) is 0 Å². The molecule has 1 aliphatic rings. The van der Waals surface area contributed by atoms with E-state index in [2.05, 4.69) is 0 Å².